The minimum absolute atomic E-state index is 0.294. The Hall–Kier alpha value is -2.73. The summed E-state index contributed by atoms with van der Waals surface area (Å²) in [5.74, 6) is -0.294. The van der Waals surface area contributed by atoms with Crippen LogP contribution in [0.5, 0.6) is 0 Å². The van der Waals surface area contributed by atoms with Gasteiger partial charge in [-0.1, -0.05) is 18.2 Å². The molecule has 3 rings (SSSR count). The van der Waals surface area contributed by atoms with Crippen LogP contribution in [0.3, 0.4) is 0 Å². The van der Waals surface area contributed by atoms with Crippen molar-refractivity contribution >= 4 is 28.1 Å². The van der Waals surface area contributed by atoms with E-state index in [1.54, 1.807) is 24.5 Å². The van der Waals surface area contributed by atoms with Gasteiger partial charge in [0.1, 0.15) is 0 Å². The molecule has 1 aromatic carbocycles. The number of nitrogens with zero attached hydrogens (tertiary/aromatic N) is 3. The Labute approximate surface area is 154 Å². The van der Waals surface area contributed by atoms with Crippen LogP contribution in [-0.2, 0) is 0 Å². The van der Waals surface area contributed by atoms with Gasteiger partial charge in [-0.25, -0.2) is 5.43 Å². The second-order valence-electron chi connectivity index (χ2n) is 5.51. The molecule has 0 aliphatic carbocycles. The third kappa shape index (κ3) is 3.53. The molecule has 6 heteroatoms. The maximum Gasteiger partial charge on any atom is 0.272 e. The van der Waals surface area contributed by atoms with E-state index in [2.05, 4.69) is 48.1 Å². The monoisotopic (exact) mass is 396 g/mol. The topological polar surface area (TPSA) is 59.3 Å². The Balaban J connectivity index is 1.85. The molecule has 126 valence electrons. The van der Waals surface area contributed by atoms with Crippen LogP contribution < -0.4 is 5.43 Å². The zero-order valence-corrected chi connectivity index (χ0v) is 15.5. The number of benzene rings is 1. The van der Waals surface area contributed by atoms with Gasteiger partial charge < -0.3 is 4.57 Å². The molecule has 0 fully saturated rings. The fourth-order valence-electron chi connectivity index (χ4n) is 2.66. The number of hydrazone groups is 1. The van der Waals surface area contributed by atoms with E-state index in [0.717, 1.165) is 27.1 Å². The van der Waals surface area contributed by atoms with Crippen molar-refractivity contribution in [3.8, 4) is 5.69 Å². The first-order valence-electron chi connectivity index (χ1n) is 7.76. The van der Waals surface area contributed by atoms with E-state index in [1.165, 1.54) is 6.20 Å². The maximum absolute atomic E-state index is 12.0. The molecule has 0 bridgehead atoms. The molecule has 25 heavy (non-hydrogen) atoms. The minimum atomic E-state index is -0.294. The number of pyridine rings is 1. The fraction of sp³-hybridized carbons (Fsp3) is 0.105. The molecule has 0 aliphatic rings. The van der Waals surface area contributed by atoms with Crippen LogP contribution in [0.1, 0.15) is 27.3 Å². The number of aromatic nitrogens is 2. The van der Waals surface area contributed by atoms with Crippen molar-refractivity contribution in [1.82, 2.24) is 15.0 Å². The average Bonchev–Trinajstić information content (AvgIpc) is 2.86. The highest BCUT2D eigenvalue weighted by atomic mass is 79.9. The second-order valence-corrected chi connectivity index (χ2v) is 6.30. The Morgan fingerprint density at radius 3 is 2.60 bits per heavy atom. The van der Waals surface area contributed by atoms with Gasteiger partial charge in [0.2, 0.25) is 0 Å². The molecule has 0 atom stereocenters. The van der Waals surface area contributed by atoms with E-state index < -0.39 is 0 Å². The van der Waals surface area contributed by atoms with Crippen LogP contribution in [0, 0.1) is 13.8 Å². The normalized spacial score (nSPS) is 11.0. The van der Waals surface area contributed by atoms with Crippen molar-refractivity contribution in [3.63, 3.8) is 0 Å². The van der Waals surface area contributed by atoms with Crippen LogP contribution in [0.4, 0.5) is 0 Å². The minimum Gasteiger partial charge on any atom is -0.317 e. The standard InChI is InChI=1S/C19H17BrN4O/c1-13-17(12-22-23-19(25)15-7-6-10-21-11-15)18(20)14(2)24(13)16-8-4-3-5-9-16/h3-12H,1-2H3,(H,23,25)/b22-12-. The molecule has 1 N–H and O–H groups in total. The third-order valence-corrected chi connectivity index (χ3v) is 4.91. The molecule has 5 nitrogen and oxygen atoms in total. The zero-order valence-electron chi connectivity index (χ0n) is 13.9. The van der Waals surface area contributed by atoms with E-state index in [-0.39, 0.29) is 5.91 Å². The van der Waals surface area contributed by atoms with Gasteiger partial charge >= 0.3 is 0 Å². The zero-order chi connectivity index (χ0) is 17.8. The van der Waals surface area contributed by atoms with Gasteiger partial charge in [0.25, 0.3) is 5.91 Å². The lowest BCUT2D eigenvalue weighted by Gasteiger charge is -2.08. The Bertz CT molecular complexity index is 918. The lowest BCUT2D eigenvalue weighted by Crippen LogP contribution is -2.17. The summed E-state index contributed by atoms with van der Waals surface area (Å²) in [4.78, 5) is 15.9. The Morgan fingerprint density at radius 2 is 1.92 bits per heavy atom. The van der Waals surface area contributed by atoms with Gasteiger partial charge in [-0.15, -0.1) is 0 Å². The fourth-order valence-corrected chi connectivity index (χ4v) is 3.22. The van der Waals surface area contributed by atoms with Crippen LogP contribution >= 0.6 is 15.9 Å². The molecule has 2 heterocycles. The molecule has 0 unspecified atom stereocenters. The van der Waals surface area contributed by atoms with Gasteiger partial charge in [-0.05, 0) is 54.0 Å². The van der Waals surface area contributed by atoms with Crippen LogP contribution in [0.25, 0.3) is 5.69 Å². The van der Waals surface area contributed by atoms with Crippen molar-refractivity contribution in [3.05, 3.63) is 81.8 Å². The lowest BCUT2D eigenvalue weighted by atomic mass is 10.2. The summed E-state index contributed by atoms with van der Waals surface area (Å²) in [6.45, 7) is 4.06. The van der Waals surface area contributed by atoms with Crippen LogP contribution in [0.2, 0.25) is 0 Å². The molecule has 0 spiro atoms. The first-order valence-corrected chi connectivity index (χ1v) is 8.55. The summed E-state index contributed by atoms with van der Waals surface area (Å²) >= 11 is 3.63. The quantitative estimate of drug-likeness (QED) is 0.534. The van der Waals surface area contributed by atoms with Crippen LogP contribution in [-0.4, -0.2) is 21.7 Å². The van der Waals surface area contributed by atoms with E-state index in [0.29, 0.717) is 5.56 Å². The first kappa shape index (κ1) is 17.1. The number of amides is 1. The van der Waals surface area contributed by atoms with Crippen molar-refractivity contribution in [2.75, 3.05) is 0 Å². The summed E-state index contributed by atoms with van der Waals surface area (Å²) in [6.07, 6.45) is 4.78. The molecule has 3 aromatic rings. The molecule has 0 saturated carbocycles. The van der Waals surface area contributed by atoms with Crippen molar-refractivity contribution in [2.24, 2.45) is 5.10 Å². The first-order chi connectivity index (χ1) is 12.1. The van der Waals surface area contributed by atoms with E-state index in [9.17, 15) is 4.79 Å². The number of carbonyl (C=O) groups excluding carboxylic acids is 1. The van der Waals surface area contributed by atoms with Crippen LogP contribution in [0.15, 0.2) is 64.4 Å². The molecule has 0 radical (unpaired) electrons. The van der Waals surface area contributed by atoms with E-state index >= 15 is 0 Å². The molecule has 0 aliphatic heterocycles. The summed E-state index contributed by atoms with van der Waals surface area (Å²) in [7, 11) is 0. The van der Waals surface area contributed by atoms with Crippen molar-refractivity contribution in [2.45, 2.75) is 13.8 Å². The number of hydrogen-bond acceptors (Lipinski definition) is 3. The highest BCUT2D eigenvalue weighted by molar-refractivity contribution is 9.10. The number of nitrogens with one attached hydrogen (secondary N) is 1. The van der Waals surface area contributed by atoms with Crippen molar-refractivity contribution < 1.29 is 4.79 Å². The number of para-hydroxylation sites is 1. The van der Waals surface area contributed by atoms with Gasteiger partial charge in [0.05, 0.1) is 11.8 Å². The van der Waals surface area contributed by atoms with E-state index in [1.807, 2.05) is 32.0 Å². The summed E-state index contributed by atoms with van der Waals surface area (Å²) in [6, 6.07) is 13.5. The predicted molar refractivity (Wildman–Crippen MR) is 102 cm³/mol. The summed E-state index contributed by atoms with van der Waals surface area (Å²) < 4.78 is 3.10. The second kappa shape index (κ2) is 7.44. The molecule has 1 amide bonds. The smallest absolute Gasteiger partial charge is 0.272 e. The van der Waals surface area contributed by atoms with E-state index in [4.69, 9.17) is 0 Å². The number of carbonyl (C=O) groups is 1. The molecular weight excluding hydrogens is 380 g/mol. The molecule has 0 saturated heterocycles. The number of halogens is 1. The lowest BCUT2D eigenvalue weighted by molar-refractivity contribution is 0.0955. The largest absolute Gasteiger partial charge is 0.317 e. The highest BCUT2D eigenvalue weighted by Crippen LogP contribution is 2.29. The third-order valence-electron chi connectivity index (χ3n) is 3.91. The SMILES string of the molecule is Cc1c(Br)c(/C=N\NC(=O)c2cccnc2)c(C)n1-c1ccccc1. The molecular formula is C19H17BrN4O. The Kier molecular flexibility index (Phi) is 5.09. The highest BCUT2D eigenvalue weighted by Gasteiger charge is 2.15. The van der Waals surface area contributed by atoms with Gasteiger partial charge in [-0.3, -0.25) is 9.78 Å². The Morgan fingerprint density at radius 1 is 1.16 bits per heavy atom. The predicted octanol–water partition coefficient (Wildman–Crippen LogP) is 4.02. The summed E-state index contributed by atoms with van der Waals surface area (Å²) in [5, 5.41) is 4.09. The molecule has 2 aromatic heterocycles. The number of rotatable bonds is 4. The number of hydrogen-bond donors (Lipinski definition) is 1. The van der Waals surface area contributed by atoms with Gasteiger partial charge in [-0.2, -0.15) is 5.10 Å². The maximum atomic E-state index is 12.0. The van der Waals surface area contributed by atoms with Gasteiger partial charge in [0.15, 0.2) is 0 Å². The van der Waals surface area contributed by atoms with Crippen molar-refractivity contribution in [1.29, 1.82) is 0 Å². The van der Waals surface area contributed by atoms with Gasteiger partial charge in [0, 0.05) is 39.5 Å². The summed E-state index contributed by atoms with van der Waals surface area (Å²) in [5.41, 5.74) is 7.11. The average molecular weight is 397 g/mol.